The lowest BCUT2D eigenvalue weighted by atomic mass is 10.1. The van der Waals surface area contributed by atoms with Crippen molar-refractivity contribution in [1.82, 2.24) is 9.62 Å². The first-order chi connectivity index (χ1) is 12.1. The molecule has 1 fully saturated rings. The molecule has 1 heterocycles. The second-order valence-corrected chi connectivity index (χ2v) is 8.07. The van der Waals surface area contributed by atoms with E-state index in [1.54, 1.807) is 31.4 Å². The standard InChI is InChI=1S/C19H24N2O3S/c1-24-18-9-5-7-16(13-18)14-21-12-6-8-17(15-21)20-25(22,23)19-10-3-2-4-11-19/h2-5,7,9-11,13,17,20H,6,8,12,14-15H2,1H3/t17-/m0/s1. The number of likely N-dealkylation sites (tertiary alicyclic amines) is 1. The molecule has 0 amide bonds. The van der Waals surface area contributed by atoms with Gasteiger partial charge in [-0.05, 0) is 49.2 Å². The summed E-state index contributed by atoms with van der Waals surface area (Å²) in [5, 5.41) is 0. The van der Waals surface area contributed by atoms with Gasteiger partial charge in [0.1, 0.15) is 5.75 Å². The first kappa shape index (κ1) is 17.9. The Hall–Kier alpha value is -1.89. The number of ether oxygens (including phenoxy) is 1. The van der Waals surface area contributed by atoms with Crippen molar-refractivity contribution in [2.24, 2.45) is 0 Å². The molecule has 0 radical (unpaired) electrons. The van der Waals surface area contributed by atoms with Crippen LogP contribution in [0.1, 0.15) is 18.4 Å². The molecular formula is C19H24N2O3S. The van der Waals surface area contributed by atoms with E-state index in [0.717, 1.165) is 31.7 Å². The van der Waals surface area contributed by atoms with Gasteiger partial charge < -0.3 is 4.74 Å². The number of hydrogen-bond donors (Lipinski definition) is 1. The quantitative estimate of drug-likeness (QED) is 0.860. The summed E-state index contributed by atoms with van der Waals surface area (Å²) < 4.78 is 33.1. The largest absolute Gasteiger partial charge is 0.497 e. The SMILES string of the molecule is COc1cccc(CN2CCC[C@H](NS(=O)(=O)c3ccccc3)C2)c1. The minimum absolute atomic E-state index is 0.0652. The van der Waals surface area contributed by atoms with Crippen LogP contribution in [0.25, 0.3) is 0 Å². The third-order valence-electron chi connectivity index (χ3n) is 4.42. The fraction of sp³-hybridized carbons (Fsp3) is 0.368. The Labute approximate surface area is 149 Å². The van der Waals surface area contributed by atoms with Crippen molar-refractivity contribution in [3.05, 3.63) is 60.2 Å². The highest BCUT2D eigenvalue weighted by molar-refractivity contribution is 7.89. The zero-order valence-electron chi connectivity index (χ0n) is 14.4. The predicted molar refractivity (Wildman–Crippen MR) is 98.1 cm³/mol. The Kier molecular flexibility index (Phi) is 5.73. The minimum atomic E-state index is -3.46. The molecule has 0 spiro atoms. The average Bonchev–Trinajstić information content (AvgIpc) is 2.62. The third-order valence-corrected chi connectivity index (χ3v) is 5.96. The zero-order chi connectivity index (χ0) is 17.7. The van der Waals surface area contributed by atoms with Gasteiger partial charge in [-0.3, -0.25) is 4.90 Å². The van der Waals surface area contributed by atoms with Crippen molar-refractivity contribution in [1.29, 1.82) is 0 Å². The lowest BCUT2D eigenvalue weighted by Gasteiger charge is -2.33. The van der Waals surface area contributed by atoms with Gasteiger partial charge in [-0.2, -0.15) is 0 Å². The number of rotatable bonds is 6. The average molecular weight is 360 g/mol. The smallest absolute Gasteiger partial charge is 0.240 e. The van der Waals surface area contributed by atoms with Crippen LogP contribution in [-0.2, 0) is 16.6 Å². The Morgan fingerprint density at radius 1 is 1.16 bits per heavy atom. The molecule has 3 rings (SSSR count). The Morgan fingerprint density at radius 3 is 2.72 bits per heavy atom. The van der Waals surface area contributed by atoms with Crippen molar-refractivity contribution in [2.75, 3.05) is 20.2 Å². The summed E-state index contributed by atoms with van der Waals surface area (Å²) in [6.45, 7) is 2.48. The van der Waals surface area contributed by atoms with Crippen molar-refractivity contribution >= 4 is 10.0 Å². The van der Waals surface area contributed by atoms with Gasteiger partial charge in [0.2, 0.25) is 10.0 Å². The van der Waals surface area contributed by atoms with E-state index in [4.69, 9.17) is 4.74 Å². The molecule has 2 aromatic rings. The molecule has 6 heteroatoms. The predicted octanol–water partition coefficient (Wildman–Crippen LogP) is 2.64. The minimum Gasteiger partial charge on any atom is -0.497 e. The maximum Gasteiger partial charge on any atom is 0.240 e. The van der Waals surface area contributed by atoms with Crippen LogP contribution in [0.15, 0.2) is 59.5 Å². The highest BCUT2D eigenvalue weighted by Gasteiger charge is 2.25. The highest BCUT2D eigenvalue weighted by atomic mass is 32.2. The van der Waals surface area contributed by atoms with Crippen molar-refractivity contribution in [3.63, 3.8) is 0 Å². The summed E-state index contributed by atoms with van der Waals surface area (Å²) in [6, 6.07) is 16.5. The molecule has 0 bridgehead atoms. The lowest BCUT2D eigenvalue weighted by Crippen LogP contribution is -2.47. The summed E-state index contributed by atoms with van der Waals surface area (Å²) in [5.41, 5.74) is 1.17. The van der Waals surface area contributed by atoms with Gasteiger partial charge in [0.15, 0.2) is 0 Å². The van der Waals surface area contributed by atoms with Crippen LogP contribution in [0.2, 0.25) is 0 Å². The van der Waals surface area contributed by atoms with E-state index >= 15 is 0 Å². The maximum atomic E-state index is 12.5. The number of methoxy groups -OCH3 is 1. The summed E-state index contributed by atoms with van der Waals surface area (Å²) in [5.74, 6) is 0.843. The topological polar surface area (TPSA) is 58.6 Å². The Bertz CT molecular complexity index is 793. The van der Waals surface area contributed by atoms with Crippen LogP contribution in [-0.4, -0.2) is 39.6 Å². The summed E-state index contributed by atoms with van der Waals surface area (Å²) in [7, 11) is -1.80. The summed E-state index contributed by atoms with van der Waals surface area (Å²) >= 11 is 0. The number of sulfonamides is 1. The second kappa shape index (κ2) is 7.99. The zero-order valence-corrected chi connectivity index (χ0v) is 15.2. The number of piperidine rings is 1. The van der Waals surface area contributed by atoms with Crippen LogP contribution in [0.3, 0.4) is 0 Å². The molecule has 25 heavy (non-hydrogen) atoms. The van der Waals surface area contributed by atoms with E-state index in [9.17, 15) is 8.42 Å². The van der Waals surface area contributed by atoms with Crippen molar-refractivity contribution in [3.8, 4) is 5.75 Å². The summed E-state index contributed by atoms with van der Waals surface area (Å²) in [6.07, 6.45) is 1.84. The molecule has 1 N–H and O–H groups in total. The number of hydrogen-bond acceptors (Lipinski definition) is 4. The Balaban J connectivity index is 1.63. The monoisotopic (exact) mass is 360 g/mol. The molecular weight excluding hydrogens is 336 g/mol. The molecule has 0 aromatic heterocycles. The summed E-state index contributed by atoms with van der Waals surface area (Å²) in [4.78, 5) is 2.61. The second-order valence-electron chi connectivity index (χ2n) is 6.36. The van der Waals surface area contributed by atoms with E-state index in [-0.39, 0.29) is 6.04 Å². The molecule has 1 aliphatic rings. The van der Waals surface area contributed by atoms with Crippen LogP contribution >= 0.6 is 0 Å². The van der Waals surface area contributed by atoms with Crippen LogP contribution in [0, 0.1) is 0 Å². The first-order valence-corrected chi connectivity index (χ1v) is 9.98. The van der Waals surface area contributed by atoms with Gasteiger partial charge in [-0.25, -0.2) is 13.1 Å². The number of nitrogens with one attached hydrogen (secondary N) is 1. The maximum absolute atomic E-state index is 12.5. The van der Waals surface area contributed by atoms with Gasteiger partial charge >= 0.3 is 0 Å². The first-order valence-electron chi connectivity index (χ1n) is 8.49. The van der Waals surface area contributed by atoms with Crippen LogP contribution < -0.4 is 9.46 Å². The van der Waals surface area contributed by atoms with E-state index in [1.807, 2.05) is 24.3 Å². The van der Waals surface area contributed by atoms with E-state index < -0.39 is 10.0 Å². The third kappa shape index (κ3) is 4.81. The molecule has 1 aliphatic heterocycles. The molecule has 1 atom stereocenters. The molecule has 5 nitrogen and oxygen atoms in total. The fourth-order valence-corrected chi connectivity index (χ4v) is 4.49. The van der Waals surface area contributed by atoms with Gasteiger partial charge in [-0.15, -0.1) is 0 Å². The Morgan fingerprint density at radius 2 is 1.96 bits per heavy atom. The molecule has 134 valence electrons. The van der Waals surface area contributed by atoms with Gasteiger partial charge in [0.05, 0.1) is 12.0 Å². The van der Waals surface area contributed by atoms with Crippen LogP contribution in [0.5, 0.6) is 5.75 Å². The van der Waals surface area contributed by atoms with Gasteiger partial charge in [-0.1, -0.05) is 30.3 Å². The molecule has 0 aliphatic carbocycles. The molecule has 2 aromatic carbocycles. The van der Waals surface area contributed by atoms with Gasteiger partial charge in [0.25, 0.3) is 0 Å². The van der Waals surface area contributed by atoms with Gasteiger partial charge in [0, 0.05) is 19.1 Å². The van der Waals surface area contributed by atoms with E-state index in [1.165, 1.54) is 5.56 Å². The number of benzene rings is 2. The van der Waals surface area contributed by atoms with Crippen molar-refractivity contribution in [2.45, 2.75) is 30.3 Å². The highest BCUT2D eigenvalue weighted by Crippen LogP contribution is 2.19. The van der Waals surface area contributed by atoms with E-state index in [2.05, 4.69) is 15.7 Å². The number of nitrogens with zero attached hydrogens (tertiary/aromatic N) is 1. The molecule has 0 unspecified atom stereocenters. The van der Waals surface area contributed by atoms with E-state index in [0.29, 0.717) is 11.4 Å². The van der Waals surface area contributed by atoms with Crippen molar-refractivity contribution < 1.29 is 13.2 Å². The van der Waals surface area contributed by atoms with Crippen LogP contribution in [0.4, 0.5) is 0 Å². The molecule has 0 saturated carbocycles. The molecule has 1 saturated heterocycles. The fourth-order valence-electron chi connectivity index (χ4n) is 3.21. The normalized spacial score (nSPS) is 18.8. The lowest BCUT2D eigenvalue weighted by molar-refractivity contribution is 0.194.